The molecule has 0 radical (unpaired) electrons. The first-order chi connectivity index (χ1) is 10.0. The Morgan fingerprint density at radius 3 is 2.71 bits per heavy atom. The Morgan fingerprint density at radius 1 is 1.29 bits per heavy atom. The van der Waals surface area contributed by atoms with Crippen LogP contribution in [-0.2, 0) is 23.1 Å². The number of nitrogens with zero attached hydrogens (tertiary/aromatic N) is 2. The summed E-state index contributed by atoms with van der Waals surface area (Å²) >= 11 is 0. The van der Waals surface area contributed by atoms with Crippen LogP contribution in [0.3, 0.4) is 0 Å². The van der Waals surface area contributed by atoms with E-state index in [1.807, 2.05) is 25.3 Å². The van der Waals surface area contributed by atoms with Gasteiger partial charge in [0, 0.05) is 19.3 Å². The van der Waals surface area contributed by atoms with Crippen LogP contribution in [-0.4, -0.2) is 31.8 Å². The van der Waals surface area contributed by atoms with E-state index in [1.165, 1.54) is 0 Å². The normalized spacial score (nSPS) is 11.7. The van der Waals surface area contributed by atoms with Gasteiger partial charge in [-0.25, -0.2) is 13.1 Å². The average Bonchev–Trinajstić information content (AvgIpc) is 2.85. The first kappa shape index (κ1) is 15.7. The summed E-state index contributed by atoms with van der Waals surface area (Å²) in [6.07, 6.45) is 3.62. The van der Waals surface area contributed by atoms with Gasteiger partial charge in [0.2, 0.25) is 10.0 Å². The van der Waals surface area contributed by atoms with Gasteiger partial charge in [0.25, 0.3) is 0 Å². The lowest BCUT2D eigenvalue weighted by molar-refractivity contribution is 0.559. The van der Waals surface area contributed by atoms with Crippen LogP contribution in [0.15, 0.2) is 41.6 Å². The van der Waals surface area contributed by atoms with Gasteiger partial charge in [-0.2, -0.15) is 5.10 Å². The molecule has 0 saturated heterocycles. The molecule has 2 aromatic rings. The second-order valence-electron chi connectivity index (χ2n) is 4.82. The van der Waals surface area contributed by atoms with Crippen molar-refractivity contribution in [3.63, 3.8) is 0 Å². The van der Waals surface area contributed by atoms with Gasteiger partial charge >= 0.3 is 0 Å². The van der Waals surface area contributed by atoms with Gasteiger partial charge in [0.05, 0.1) is 17.6 Å². The molecule has 0 aliphatic rings. The van der Waals surface area contributed by atoms with Crippen molar-refractivity contribution < 1.29 is 8.42 Å². The molecular formula is C14H20N4O2S. The van der Waals surface area contributed by atoms with E-state index in [9.17, 15) is 8.42 Å². The summed E-state index contributed by atoms with van der Waals surface area (Å²) in [5.74, 6) is 0. The van der Waals surface area contributed by atoms with Gasteiger partial charge in [-0.3, -0.25) is 4.68 Å². The summed E-state index contributed by atoms with van der Waals surface area (Å²) in [5, 5.41) is 7.10. The zero-order chi connectivity index (χ0) is 15.3. The topological polar surface area (TPSA) is 76.0 Å². The largest absolute Gasteiger partial charge is 0.316 e. The van der Waals surface area contributed by atoms with Gasteiger partial charge in [0.15, 0.2) is 0 Å². The molecular weight excluding hydrogens is 288 g/mol. The fraction of sp³-hybridized carbons (Fsp3) is 0.357. The highest BCUT2D eigenvalue weighted by Crippen LogP contribution is 2.14. The predicted octanol–water partition coefficient (Wildman–Crippen LogP) is 0.889. The second-order valence-corrected chi connectivity index (χ2v) is 6.55. The summed E-state index contributed by atoms with van der Waals surface area (Å²) in [4.78, 5) is 0.316. The molecule has 0 spiro atoms. The molecule has 0 bridgehead atoms. The molecule has 7 heteroatoms. The lowest BCUT2D eigenvalue weighted by Crippen LogP contribution is -2.28. The quantitative estimate of drug-likeness (QED) is 0.796. The van der Waals surface area contributed by atoms with Crippen molar-refractivity contribution in [2.45, 2.75) is 24.9 Å². The van der Waals surface area contributed by atoms with Gasteiger partial charge in [0.1, 0.15) is 0 Å². The number of hydrogen-bond acceptors (Lipinski definition) is 4. The molecule has 0 unspecified atom stereocenters. The van der Waals surface area contributed by atoms with Crippen LogP contribution in [0.4, 0.5) is 0 Å². The summed E-state index contributed by atoms with van der Waals surface area (Å²) in [5.41, 5.74) is 1.81. The Kier molecular flexibility index (Phi) is 5.11. The van der Waals surface area contributed by atoms with Crippen molar-refractivity contribution >= 4 is 10.0 Å². The lowest BCUT2D eigenvalue weighted by atomic mass is 10.2. The predicted molar refractivity (Wildman–Crippen MR) is 81.4 cm³/mol. The Morgan fingerprint density at radius 2 is 2.05 bits per heavy atom. The maximum absolute atomic E-state index is 12.4. The fourth-order valence-electron chi connectivity index (χ4n) is 2.06. The third-order valence-electron chi connectivity index (χ3n) is 3.02. The van der Waals surface area contributed by atoms with Crippen molar-refractivity contribution in [1.82, 2.24) is 19.8 Å². The van der Waals surface area contributed by atoms with Crippen LogP contribution >= 0.6 is 0 Å². The van der Waals surface area contributed by atoms with Crippen molar-refractivity contribution in [1.29, 1.82) is 0 Å². The van der Waals surface area contributed by atoms with E-state index < -0.39 is 10.0 Å². The molecule has 21 heavy (non-hydrogen) atoms. The second kappa shape index (κ2) is 6.84. The zero-order valence-electron chi connectivity index (χ0n) is 12.2. The first-order valence-electron chi connectivity index (χ1n) is 6.74. The molecule has 0 aliphatic heterocycles. The van der Waals surface area contributed by atoms with E-state index >= 15 is 0 Å². The number of nitrogens with one attached hydrogen (secondary N) is 2. The van der Waals surface area contributed by atoms with Crippen LogP contribution in [0, 0.1) is 6.92 Å². The molecule has 0 saturated carbocycles. The minimum atomic E-state index is -3.51. The molecule has 0 amide bonds. The first-order valence-corrected chi connectivity index (χ1v) is 8.22. The highest BCUT2D eigenvalue weighted by Gasteiger charge is 2.17. The molecule has 0 aliphatic carbocycles. The highest BCUT2D eigenvalue weighted by atomic mass is 32.2. The van der Waals surface area contributed by atoms with Crippen molar-refractivity contribution in [2.75, 3.05) is 13.6 Å². The minimum absolute atomic E-state index is 0.303. The smallest absolute Gasteiger partial charge is 0.240 e. The zero-order valence-corrected chi connectivity index (χ0v) is 13.0. The average molecular weight is 308 g/mol. The van der Waals surface area contributed by atoms with E-state index in [0.717, 1.165) is 11.1 Å². The fourth-order valence-corrected chi connectivity index (χ4v) is 3.32. The molecule has 2 N–H and O–H groups in total. The summed E-state index contributed by atoms with van der Waals surface area (Å²) in [6.45, 7) is 3.26. The summed E-state index contributed by atoms with van der Waals surface area (Å²) in [7, 11) is -1.72. The Labute approximate surface area is 125 Å². The molecule has 1 heterocycles. The maximum Gasteiger partial charge on any atom is 0.240 e. The van der Waals surface area contributed by atoms with Gasteiger partial charge in [-0.05, 0) is 31.2 Å². The highest BCUT2D eigenvalue weighted by molar-refractivity contribution is 7.89. The number of rotatable bonds is 7. The van der Waals surface area contributed by atoms with E-state index in [2.05, 4.69) is 15.1 Å². The van der Waals surface area contributed by atoms with Gasteiger partial charge in [-0.1, -0.05) is 18.2 Å². The molecule has 2 rings (SSSR count). The Bertz CT molecular complexity index is 695. The van der Waals surface area contributed by atoms with Crippen LogP contribution < -0.4 is 10.0 Å². The number of benzene rings is 1. The Hall–Kier alpha value is -1.70. The van der Waals surface area contributed by atoms with Crippen LogP contribution in [0.2, 0.25) is 0 Å². The van der Waals surface area contributed by atoms with Gasteiger partial charge in [-0.15, -0.1) is 0 Å². The SMILES string of the molecule is CNCc1ccccc1S(=O)(=O)NCCn1cc(C)cn1. The Balaban J connectivity index is 2.04. The number of sulfonamides is 1. The molecule has 6 nitrogen and oxygen atoms in total. The number of hydrogen-bond donors (Lipinski definition) is 2. The molecule has 1 aromatic carbocycles. The molecule has 0 atom stereocenters. The van der Waals surface area contributed by atoms with Crippen molar-refractivity contribution in [2.24, 2.45) is 0 Å². The summed E-state index contributed by atoms with van der Waals surface area (Å²) in [6, 6.07) is 6.98. The van der Waals surface area contributed by atoms with E-state index in [1.54, 1.807) is 30.1 Å². The monoisotopic (exact) mass is 308 g/mol. The van der Waals surface area contributed by atoms with E-state index in [4.69, 9.17) is 0 Å². The van der Waals surface area contributed by atoms with Crippen molar-refractivity contribution in [3.8, 4) is 0 Å². The lowest BCUT2D eigenvalue weighted by Gasteiger charge is -2.11. The molecule has 1 aromatic heterocycles. The van der Waals surface area contributed by atoms with Crippen LogP contribution in [0.1, 0.15) is 11.1 Å². The van der Waals surface area contributed by atoms with Crippen LogP contribution in [0.5, 0.6) is 0 Å². The third kappa shape index (κ3) is 4.13. The number of aromatic nitrogens is 2. The third-order valence-corrected chi connectivity index (χ3v) is 4.59. The number of aryl methyl sites for hydroxylation is 1. The summed E-state index contributed by atoms with van der Waals surface area (Å²) < 4.78 is 29.0. The van der Waals surface area contributed by atoms with Crippen LogP contribution in [0.25, 0.3) is 0 Å². The maximum atomic E-state index is 12.4. The minimum Gasteiger partial charge on any atom is -0.316 e. The van der Waals surface area contributed by atoms with E-state index in [-0.39, 0.29) is 0 Å². The standard InChI is InChI=1S/C14H20N4O2S/c1-12-9-16-18(11-12)8-7-17-21(19,20)14-6-4-3-5-13(14)10-15-2/h3-6,9,11,15,17H,7-8,10H2,1-2H3. The van der Waals surface area contributed by atoms with Gasteiger partial charge < -0.3 is 5.32 Å². The molecule has 0 fully saturated rings. The van der Waals surface area contributed by atoms with E-state index in [0.29, 0.717) is 24.5 Å². The van der Waals surface area contributed by atoms with Crippen molar-refractivity contribution in [3.05, 3.63) is 47.8 Å². The molecule has 114 valence electrons.